The highest BCUT2D eigenvalue weighted by atomic mass is 19.1. The van der Waals surface area contributed by atoms with E-state index in [1.165, 1.54) is 11.6 Å². The number of rotatable bonds is 6. The van der Waals surface area contributed by atoms with Crippen molar-refractivity contribution in [2.75, 3.05) is 6.54 Å². The van der Waals surface area contributed by atoms with Crippen LogP contribution in [0.15, 0.2) is 30.6 Å². The lowest BCUT2D eigenvalue weighted by Crippen LogP contribution is -2.19. The molecule has 0 saturated carbocycles. The van der Waals surface area contributed by atoms with Gasteiger partial charge >= 0.3 is 0 Å². The quantitative estimate of drug-likeness (QED) is 0.810. The number of nitrogens with zero attached hydrogens (tertiary/aromatic N) is 2. The van der Waals surface area contributed by atoms with E-state index in [0.717, 1.165) is 37.4 Å². The van der Waals surface area contributed by atoms with Crippen LogP contribution in [0, 0.1) is 12.7 Å². The smallest absolute Gasteiger partial charge is 0.123 e. The van der Waals surface area contributed by atoms with Crippen LogP contribution in [0.1, 0.15) is 23.9 Å². The number of imidazole rings is 1. The van der Waals surface area contributed by atoms with Crippen LogP contribution < -0.4 is 5.32 Å². The van der Waals surface area contributed by atoms with Crippen LogP contribution in [0.2, 0.25) is 0 Å². The van der Waals surface area contributed by atoms with Gasteiger partial charge in [0.1, 0.15) is 11.6 Å². The van der Waals surface area contributed by atoms with E-state index in [-0.39, 0.29) is 5.82 Å². The number of hydrogen-bond acceptors (Lipinski definition) is 2. The van der Waals surface area contributed by atoms with Crippen molar-refractivity contribution in [3.8, 4) is 0 Å². The van der Waals surface area contributed by atoms with Gasteiger partial charge in [0.05, 0.1) is 6.54 Å². The molecule has 19 heavy (non-hydrogen) atoms. The van der Waals surface area contributed by atoms with Gasteiger partial charge in [0.25, 0.3) is 0 Å². The van der Waals surface area contributed by atoms with Gasteiger partial charge in [-0.1, -0.05) is 6.07 Å². The summed E-state index contributed by atoms with van der Waals surface area (Å²) in [5.74, 6) is 0.887. The van der Waals surface area contributed by atoms with E-state index in [1.54, 1.807) is 6.07 Å². The van der Waals surface area contributed by atoms with Gasteiger partial charge < -0.3 is 9.88 Å². The van der Waals surface area contributed by atoms with Crippen LogP contribution in [-0.4, -0.2) is 16.1 Å². The zero-order chi connectivity index (χ0) is 13.7. The maximum Gasteiger partial charge on any atom is 0.123 e. The molecule has 4 heteroatoms. The molecule has 0 spiro atoms. The molecule has 0 aliphatic heterocycles. The fourth-order valence-electron chi connectivity index (χ4n) is 2.16. The van der Waals surface area contributed by atoms with Crippen molar-refractivity contribution in [3.63, 3.8) is 0 Å². The fraction of sp³-hybridized carbons (Fsp3) is 0.400. The van der Waals surface area contributed by atoms with Crippen LogP contribution >= 0.6 is 0 Å². The van der Waals surface area contributed by atoms with Gasteiger partial charge in [0.2, 0.25) is 0 Å². The average Bonchev–Trinajstić information content (AvgIpc) is 2.84. The molecule has 2 rings (SSSR count). The van der Waals surface area contributed by atoms with E-state index in [2.05, 4.69) is 21.8 Å². The van der Waals surface area contributed by atoms with E-state index in [0.29, 0.717) is 0 Å². The van der Waals surface area contributed by atoms with Crippen LogP contribution in [0.25, 0.3) is 0 Å². The molecule has 0 saturated heterocycles. The van der Waals surface area contributed by atoms with Gasteiger partial charge in [0.15, 0.2) is 0 Å². The lowest BCUT2D eigenvalue weighted by molar-refractivity contribution is 0.609. The molecule has 0 aliphatic rings. The van der Waals surface area contributed by atoms with Gasteiger partial charge in [-0.3, -0.25) is 0 Å². The lowest BCUT2D eigenvalue weighted by atomic mass is 10.1. The normalized spacial score (nSPS) is 10.9. The molecule has 0 aliphatic carbocycles. The number of nitrogens with one attached hydrogen (secondary N) is 1. The molecule has 1 aromatic heterocycles. The molecule has 1 heterocycles. The Hall–Kier alpha value is -1.68. The highest BCUT2D eigenvalue weighted by Crippen LogP contribution is 2.10. The maximum absolute atomic E-state index is 13.0. The Bertz CT molecular complexity index is 534. The number of benzene rings is 1. The first-order chi connectivity index (χ1) is 9.20. The van der Waals surface area contributed by atoms with Crippen molar-refractivity contribution >= 4 is 0 Å². The monoisotopic (exact) mass is 261 g/mol. The lowest BCUT2D eigenvalue weighted by Gasteiger charge is -2.08. The third-order valence-electron chi connectivity index (χ3n) is 3.30. The van der Waals surface area contributed by atoms with E-state index < -0.39 is 0 Å². The Morgan fingerprint density at radius 3 is 2.95 bits per heavy atom. The first-order valence-corrected chi connectivity index (χ1v) is 6.66. The van der Waals surface area contributed by atoms with Crippen molar-refractivity contribution in [1.82, 2.24) is 14.9 Å². The van der Waals surface area contributed by atoms with Crippen LogP contribution in [0.5, 0.6) is 0 Å². The summed E-state index contributed by atoms with van der Waals surface area (Å²) in [7, 11) is 0. The van der Waals surface area contributed by atoms with Gasteiger partial charge in [0, 0.05) is 18.9 Å². The summed E-state index contributed by atoms with van der Waals surface area (Å²) in [5, 5.41) is 3.38. The fourth-order valence-corrected chi connectivity index (χ4v) is 2.16. The van der Waals surface area contributed by atoms with E-state index in [9.17, 15) is 4.39 Å². The maximum atomic E-state index is 13.0. The molecule has 102 valence electrons. The average molecular weight is 261 g/mol. The first kappa shape index (κ1) is 13.7. The van der Waals surface area contributed by atoms with Crippen LogP contribution in [0.3, 0.4) is 0 Å². The zero-order valence-electron chi connectivity index (χ0n) is 11.5. The molecule has 3 nitrogen and oxygen atoms in total. The molecule has 0 unspecified atom stereocenters. The second-order valence-electron chi connectivity index (χ2n) is 4.63. The Balaban J connectivity index is 1.81. The highest BCUT2D eigenvalue weighted by molar-refractivity contribution is 5.26. The predicted molar refractivity (Wildman–Crippen MR) is 74.4 cm³/mol. The zero-order valence-corrected chi connectivity index (χ0v) is 11.5. The second kappa shape index (κ2) is 6.48. The van der Waals surface area contributed by atoms with Crippen molar-refractivity contribution in [1.29, 1.82) is 0 Å². The number of aryl methyl sites for hydroxylation is 2. The summed E-state index contributed by atoms with van der Waals surface area (Å²) in [6.45, 7) is 6.62. The molecule has 0 amide bonds. The summed E-state index contributed by atoms with van der Waals surface area (Å²) in [5.41, 5.74) is 2.20. The number of aromatic nitrogens is 2. The molecule has 2 aromatic rings. The molecular formula is C15H20FN3. The molecule has 1 aromatic carbocycles. The number of hydrogen-bond donors (Lipinski definition) is 1. The van der Waals surface area contributed by atoms with Crippen LogP contribution in [0.4, 0.5) is 4.39 Å². The third-order valence-corrected chi connectivity index (χ3v) is 3.30. The molecular weight excluding hydrogens is 241 g/mol. The molecule has 0 bridgehead atoms. The Labute approximate surface area is 113 Å². The van der Waals surface area contributed by atoms with E-state index in [4.69, 9.17) is 0 Å². The Morgan fingerprint density at radius 2 is 2.21 bits per heavy atom. The Kier molecular flexibility index (Phi) is 4.68. The van der Waals surface area contributed by atoms with Gasteiger partial charge in [-0.25, -0.2) is 9.37 Å². The van der Waals surface area contributed by atoms with E-state index >= 15 is 0 Å². The molecule has 1 N–H and O–H groups in total. The van der Waals surface area contributed by atoms with Gasteiger partial charge in [-0.15, -0.1) is 0 Å². The minimum absolute atomic E-state index is 0.167. The van der Waals surface area contributed by atoms with Crippen molar-refractivity contribution in [2.24, 2.45) is 0 Å². The minimum Gasteiger partial charge on any atom is -0.334 e. The minimum atomic E-state index is -0.167. The largest absolute Gasteiger partial charge is 0.334 e. The number of halogens is 1. The highest BCUT2D eigenvalue weighted by Gasteiger charge is 2.02. The van der Waals surface area contributed by atoms with Crippen LogP contribution in [-0.2, 0) is 19.5 Å². The molecule has 0 fully saturated rings. The summed E-state index contributed by atoms with van der Waals surface area (Å²) in [4.78, 5) is 4.31. The van der Waals surface area contributed by atoms with E-state index in [1.807, 2.05) is 25.4 Å². The second-order valence-corrected chi connectivity index (χ2v) is 4.63. The predicted octanol–water partition coefficient (Wildman–Crippen LogP) is 2.68. The van der Waals surface area contributed by atoms with Crippen molar-refractivity contribution in [2.45, 2.75) is 33.4 Å². The van der Waals surface area contributed by atoms with Crippen molar-refractivity contribution in [3.05, 3.63) is 53.4 Å². The topological polar surface area (TPSA) is 29.9 Å². The molecule has 0 atom stereocenters. The summed E-state index contributed by atoms with van der Waals surface area (Å²) in [6.07, 6.45) is 4.71. The van der Waals surface area contributed by atoms with Crippen molar-refractivity contribution < 1.29 is 4.39 Å². The summed E-state index contributed by atoms with van der Waals surface area (Å²) in [6, 6.07) is 4.96. The van der Waals surface area contributed by atoms with Gasteiger partial charge in [-0.05, 0) is 50.1 Å². The summed E-state index contributed by atoms with van der Waals surface area (Å²) < 4.78 is 15.1. The van der Waals surface area contributed by atoms with Gasteiger partial charge in [-0.2, -0.15) is 0 Å². The summed E-state index contributed by atoms with van der Waals surface area (Å²) >= 11 is 0. The first-order valence-electron chi connectivity index (χ1n) is 6.66. The third kappa shape index (κ3) is 3.64. The SMILES string of the molecule is CCn1ccnc1CNCCc1ccc(F)cc1C. The molecule has 0 radical (unpaired) electrons. The Morgan fingerprint density at radius 1 is 1.37 bits per heavy atom. The standard InChI is InChI=1S/C15H20FN3/c1-3-19-9-8-18-15(19)11-17-7-6-13-4-5-14(16)10-12(13)2/h4-5,8-10,17H,3,6-7,11H2,1-2H3.